The number of non-ortho nitro benzene ring substituents is 1. The van der Waals surface area contributed by atoms with Crippen LogP contribution in [0.1, 0.15) is 5.56 Å². The summed E-state index contributed by atoms with van der Waals surface area (Å²) in [5.74, 6) is -1.95. The molecule has 26 heavy (non-hydrogen) atoms. The van der Waals surface area contributed by atoms with Gasteiger partial charge in [-0.3, -0.25) is 19.7 Å². The van der Waals surface area contributed by atoms with Crippen LogP contribution >= 0.6 is 0 Å². The zero-order valence-corrected chi connectivity index (χ0v) is 14.0. The number of carbonyl (C=O) groups is 2. The maximum Gasteiger partial charge on any atom is 0.313 e. The van der Waals surface area contributed by atoms with E-state index in [-0.39, 0.29) is 22.8 Å². The van der Waals surface area contributed by atoms with E-state index < -0.39 is 26.8 Å². The molecule has 136 valence electrons. The lowest BCUT2D eigenvalue weighted by Crippen LogP contribution is -2.34. The molecular weight excluding hydrogens is 364 g/mol. The van der Waals surface area contributed by atoms with Gasteiger partial charge in [0.2, 0.25) is 10.0 Å². The van der Waals surface area contributed by atoms with E-state index in [1.165, 1.54) is 42.5 Å². The van der Waals surface area contributed by atoms with Crippen LogP contribution in [0.3, 0.4) is 0 Å². The van der Waals surface area contributed by atoms with Crippen molar-refractivity contribution in [2.75, 3.05) is 5.32 Å². The summed E-state index contributed by atoms with van der Waals surface area (Å²) in [5, 5.41) is 20.3. The Hall–Kier alpha value is -3.31. The number of nitro benzene ring substituents is 1. The maximum absolute atomic E-state index is 11.8. The van der Waals surface area contributed by atoms with E-state index in [1.54, 1.807) is 0 Å². The summed E-state index contributed by atoms with van der Waals surface area (Å²) in [6.07, 6.45) is 0. The van der Waals surface area contributed by atoms with Crippen LogP contribution < -0.4 is 15.8 Å². The molecule has 0 heterocycles. The van der Waals surface area contributed by atoms with Gasteiger partial charge in [-0.2, -0.15) is 0 Å². The van der Waals surface area contributed by atoms with Gasteiger partial charge in [0.25, 0.3) is 5.69 Å². The zero-order chi connectivity index (χ0) is 19.3. The van der Waals surface area contributed by atoms with Gasteiger partial charge in [0, 0.05) is 24.4 Å². The highest BCUT2D eigenvalue weighted by molar-refractivity contribution is 7.89. The van der Waals surface area contributed by atoms with Gasteiger partial charge >= 0.3 is 11.8 Å². The number of amides is 2. The molecule has 2 rings (SSSR count). The van der Waals surface area contributed by atoms with Crippen molar-refractivity contribution >= 4 is 33.2 Å². The van der Waals surface area contributed by atoms with Crippen molar-refractivity contribution in [3.8, 4) is 0 Å². The fourth-order valence-corrected chi connectivity index (χ4v) is 2.46. The topological polar surface area (TPSA) is 162 Å². The third-order valence-electron chi connectivity index (χ3n) is 3.23. The predicted molar refractivity (Wildman–Crippen MR) is 91.4 cm³/mol. The van der Waals surface area contributed by atoms with Crippen LogP contribution in [0.4, 0.5) is 11.4 Å². The number of sulfonamides is 1. The molecule has 0 radical (unpaired) electrons. The first-order valence-corrected chi connectivity index (χ1v) is 8.67. The van der Waals surface area contributed by atoms with Gasteiger partial charge < -0.3 is 10.6 Å². The van der Waals surface area contributed by atoms with E-state index in [1.807, 2.05) is 0 Å². The molecule has 2 aromatic rings. The van der Waals surface area contributed by atoms with Crippen molar-refractivity contribution in [2.24, 2.45) is 5.14 Å². The minimum absolute atomic E-state index is 0.0217. The highest BCUT2D eigenvalue weighted by Gasteiger charge is 2.15. The van der Waals surface area contributed by atoms with E-state index in [2.05, 4.69) is 10.6 Å². The molecule has 0 saturated heterocycles. The Labute approximate surface area is 148 Å². The standard InChI is InChI=1S/C15H14N4O6S/c16-26(24,25)13-6-4-10(5-7-13)9-17-14(20)15(21)18-11-2-1-3-12(8-11)19(22)23/h1-8H,9H2,(H,17,20)(H,18,21)(H2,16,24,25). The van der Waals surface area contributed by atoms with Gasteiger partial charge in [-0.25, -0.2) is 13.6 Å². The van der Waals surface area contributed by atoms with Crippen LogP contribution in [0.15, 0.2) is 53.4 Å². The third kappa shape index (κ3) is 5.09. The molecule has 0 aliphatic rings. The minimum Gasteiger partial charge on any atom is -0.344 e. The molecule has 0 unspecified atom stereocenters. The number of nitro groups is 1. The molecule has 0 aliphatic heterocycles. The van der Waals surface area contributed by atoms with Crippen molar-refractivity contribution in [1.82, 2.24) is 5.32 Å². The second-order valence-corrected chi connectivity index (χ2v) is 6.69. The second-order valence-electron chi connectivity index (χ2n) is 5.13. The lowest BCUT2D eigenvalue weighted by atomic mass is 10.2. The SMILES string of the molecule is NS(=O)(=O)c1ccc(CNC(=O)C(=O)Nc2cccc([N+](=O)[O-])c2)cc1. The van der Waals surface area contributed by atoms with Gasteiger partial charge in [-0.15, -0.1) is 0 Å². The van der Waals surface area contributed by atoms with Crippen molar-refractivity contribution in [1.29, 1.82) is 0 Å². The fraction of sp³-hybridized carbons (Fsp3) is 0.0667. The highest BCUT2D eigenvalue weighted by Crippen LogP contribution is 2.16. The van der Waals surface area contributed by atoms with Gasteiger partial charge in [-0.1, -0.05) is 18.2 Å². The smallest absolute Gasteiger partial charge is 0.313 e. The summed E-state index contributed by atoms with van der Waals surface area (Å²) in [7, 11) is -3.81. The Bertz CT molecular complexity index is 956. The molecule has 0 spiro atoms. The largest absolute Gasteiger partial charge is 0.344 e. The first kappa shape index (κ1) is 19.0. The van der Waals surface area contributed by atoms with Crippen LogP contribution in [-0.4, -0.2) is 25.2 Å². The first-order chi connectivity index (χ1) is 12.2. The van der Waals surface area contributed by atoms with Crippen molar-refractivity contribution in [3.63, 3.8) is 0 Å². The van der Waals surface area contributed by atoms with Gasteiger partial charge in [-0.05, 0) is 23.8 Å². The van der Waals surface area contributed by atoms with Crippen molar-refractivity contribution in [2.45, 2.75) is 11.4 Å². The Morgan fingerprint density at radius 1 is 1.08 bits per heavy atom. The van der Waals surface area contributed by atoms with E-state index in [4.69, 9.17) is 5.14 Å². The van der Waals surface area contributed by atoms with Crippen LogP contribution in [0.25, 0.3) is 0 Å². The number of rotatable bonds is 5. The van der Waals surface area contributed by atoms with Crippen LogP contribution in [0.5, 0.6) is 0 Å². The molecule has 0 atom stereocenters. The highest BCUT2D eigenvalue weighted by atomic mass is 32.2. The van der Waals surface area contributed by atoms with E-state index in [0.717, 1.165) is 6.07 Å². The normalized spacial score (nSPS) is 10.8. The lowest BCUT2D eigenvalue weighted by molar-refractivity contribution is -0.384. The average Bonchev–Trinajstić information content (AvgIpc) is 2.59. The number of anilines is 1. The fourth-order valence-electron chi connectivity index (χ4n) is 1.94. The Morgan fingerprint density at radius 3 is 2.31 bits per heavy atom. The number of nitrogens with one attached hydrogen (secondary N) is 2. The number of nitrogens with two attached hydrogens (primary N) is 1. The van der Waals surface area contributed by atoms with E-state index in [9.17, 15) is 28.1 Å². The summed E-state index contributed by atoms with van der Waals surface area (Å²) in [5.41, 5.74) is 0.434. The molecule has 0 bridgehead atoms. The average molecular weight is 378 g/mol. The molecular formula is C15H14N4O6S. The van der Waals surface area contributed by atoms with Crippen LogP contribution in [0.2, 0.25) is 0 Å². The Morgan fingerprint density at radius 2 is 1.73 bits per heavy atom. The molecule has 2 amide bonds. The number of nitrogens with zero attached hydrogens (tertiary/aromatic N) is 1. The molecule has 4 N–H and O–H groups in total. The first-order valence-electron chi connectivity index (χ1n) is 7.12. The summed E-state index contributed by atoms with van der Waals surface area (Å²) in [6.45, 7) is -0.0217. The van der Waals surface area contributed by atoms with E-state index >= 15 is 0 Å². The van der Waals surface area contributed by atoms with Crippen LogP contribution in [0, 0.1) is 10.1 Å². The summed E-state index contributed by atoms with van der Waals surface area (Å²) >= 11 is 0. The lowest BCUT2D eigenvalue weighted by Gasteiger charge is -2.07. The summed E-state index contributed by atoms with van der Waals surface area (Å²) in [4.78, 5) is 33.6. The molecule has 2 aromatic carbocycles. The molecule has 0 fully saturated rings. The third-order valence-corrected chi connectivity index (χ3v) is 4.16. The number of hydrogen-bond donors (Lipinski definition) is 3. The molecule has 10 nitrogen and oxygen atoms in total. The molecule has 0 aliphatic carbocycles. The quantitative estimate of drug-likeness (QED) is 0.390. The number of carbonyl (C=O) groups excluding carboxylic acids is 2. The Balaban J connectivity index is 1.94. The molecule has 11 heteroatoms. The zero-order valence-electron chi connectivity index (χ0n) is 13.2. The number of benzene rings is 2. The molecule has 0 saturated carbocycles. The predicted octanol–water partition coefficient (Wildman–Crippen LogP) is 0.497. The van der Waals surface area contributed by atoms with Gasteiger partial charge in [0.1, 0.15) is 0 Å². The Kier molecular flexibility index (Phi) is 5.64. The summed E-state index contributed by atoms with van der Waals surface area (Å²) < 4.78 is 22.3. The van der Waals surface area contributed by atoms with Crippen molar-refractivity contribution in [3.05, 3.63) is 64.2 Å². The molecule has 0 aromatic heterocycles. The second kappa shape index (κ2) is 7.72. The number of hydrogen-bond acceptors (Lipinski definition) is 6. The summed E-state index contributed by atoms with van der Waals surface area (Å²) in [6, 6.07) is 10.6. The monoisotopic (exact) mass is 378 g/mol. The maximum atomic E-state index is 11.8. The van der Waals surface area contributed by atoms with E-state index in [0.29, 0.717) is 5.56 Å². The number of primary sulfonamides is 1. The van der Waals surface area contributed by atoms with Gasteiger partial charge in [0.15, 0.2) is 0 Å². The van der Waals surface area contributed by atoms with Gasteiger partial charge in [0.05, 0.1) is 9.82 Å². The van der Waals surface area contributed by atoms with Crippen LogP contribution in [-0.2, 0) is 26.2 Å². The minimum atomic E-state index is -3.81. The van der Waals surface area contributed by atoms with Crippen molar-refractivity contribution < 1.29 is 22.9 Å².